The molecule has 1 aromatic heterocycles. The van der Waals surface area contributed by atoms with Gasteiger partial charge in [0.2, 0.25) is 0 Å². The summed E-state index contributed by atoms with van der Waals surface area (Å²) in [5, 5.41) is 16.8. The van der Waals surface area contributed by atoms with Crippen LogP contribution < -0.4 is 5.32 Å². The van der Waals surface area contributed by atoms with Crippen LogP contribution in [-0.2, 0) is 4.74 Å². The number of hydrogen-bond donors (Lipinski definition) is 2. The second kappa shape index (κ2) is 6.14. The minimum absolute atomic E-state index is 0.185. The van der Waals surface area contributed by atoms with Gasteiger partial charge in [-0.1, -0.05) is 0 Å². The molecule has 14 heavy (non-hydrogen) atoms. The molecule has 0 bridgehead atoms. The zero-order valence-corrected chi connectivity index (χ0v) is 9.38. The fraction of sp³-hybridized carbons (Fsp3) is 0.600. The lowest BCUT2D eigenvalue weighted by Crippen LogP contribution is -2.29. The van der Waals surface area contributed by atoms with E-state index in [9.17, 15) is 5.11 Å². The standard InChI is InChI=1S/C10H17NO2S/c1-8(13-2)5-11-6-10(12)9-3-4-14-7-9/h3-4,7-8,10-12H,5-6H2,1-2H3. The Kier molecular flexibility index (Phi) is 5.11. The van der Waals surface area contributed by atoms with Crippen molar-refractivity contribution in [2.45, 2.75) is 19.1 Å². The number of methoxy groups -OCH3 is 1. The zero-order valence-electron chi connectivity index (χ0n) is 8.56. The van der Waals surface area contributed by atoms with Gasteiger partial charge in [-0.15, -0.1) is 0 Å². The van der Waals surface area contributed by atoms with Gasteiger partial charge in [0.15, 0.2) is 0 Å². The highest BCUT2D eigenvalue weighted by Gasteiger charge is 2.07. The molecule has 2 atom stereocenters. The lowest BCUT2D eigenvalue weighted by Gasteiger charge is -2.13. The van der Waals surface area contributed by atoms with Crippen LogP contribution in [-0.4, -0.2) is 31.4 Å². The van der Waals surface area contributed by atoms with E-state index in [1.807, 2.05) is 23.8 Å². The maximum Gasteiger partial charge on any atom is 0.0922 e. The van der Waals surface area contributed by atoms with E-state index in [1.165, 1.54) is 0 Å². The Morgan fingerprint density at radius 1 is 1.57 bits per heavy atom. The van der Waals surface area contributed by atoms with E-state index in [1.54, 1.807) is 18.4 Å². The van der Waals surface area contributed by atoms with Gasteiger partial charge in [0.05, 0.1) is 12.2 Å². The Bertz CT molecular complexity index is 238. The average molecular weight is 215 g/mol. The van der Waals surface area contributed by atoms with Crippen LogP contribution in [0.1, 0.15) is 18.6 Å². The quantitative estimate of drug-likeness (QED) is 0.754. The summed E-state index contributed by atoms with van der Waals surface area (Å²) in [5.74, 6) is 0. The van der Waals surface area contributed by atoms with E-state index in [2.05, 4.69) is 5.32 Å². The third kappa shape index (κ3) is 3.75. The second-order valence-electron chi connectivity index (χ2n) is 3.28. The summed E-state index contributed by atoms with van der Waals surface area (Å²) in [4.78, 5) is 0. The molecule has 4 heteroatoms. The monoisotopic (exact) mass is 215 g/mol. The molecule has 0 saturated heterocycles. The van der Waals surface area contributed by atoms with Crippen molar-refractivity contribution in [3.63, 3.8) is 0 Å². The van der Waals surface area contributed by atoms with Crippen molar-refractivity contribution in [1.82, 2.24) is 5.32 Å². The van der Waals surface area contributed by atoms with Gasteiger partial charge in [0.25, 0.3) is 0 Å². The van der Waals surface area contributed by atoms with Crippen molar-refractivity contribution >= 4 is 11.3 Å². The van der Waals surface area contributed by atoms with Crippen molar-refractivity contribution < 1.29 is 9.84 Å². The first-order valence-electron chi connectivity index (χ1n) is 4.67. The lowest BCUT2D eigenvalue weighted by molar-refractivity contribution is 0.109. The second-order valence-corrected chi connectivity index (χ2v) is 4.06. The number of aliphatic hydroxyl groups is 1. The predicted octanol–water partition coefficient (Wildman–Crippen LogP) is 1.41. The number of thiophene rings is 1. The van der Waals surface area contributed by atoms with Crippen molar-refractivity contribution in [1.29, 1.82) is 0 Å². The minimum Gasteiger partial charge on any atom is -0.387 e. The molecule has 1 heterocycles. The number of hydrogen-bond acceptors (Lipinski definition) is 4. The summed E-state index contributed by atoms with van der Waals surface area (Å²) >= 11 is 1.60. The van der Waals surface area contributed by atoms with E-state index in [4.69, 9.17) is 4.74 Å². The molecule has 0 saturated carbocycles. The molecule has 2 N–H and O–H groups in total. The summed E-state index contributed by atoms with van der Waals surface area (Å²) < 4.78 is 5.08. The molecule has 3 nitrogen and oxygen atoms in total. The van der Waals surface area contributed by atoms with Crippen LogP contribution in [0.25, 0.3) is 0 Å². The van der Waals surface area contributed by atoms with E-state index >= 15 is 0 Å². The van der Waals surface area contributed by atoms with Crippen molar-refractivity contribution in [2.75, 3.05) is 20.2 Å². The van der Waals surface area contributed by atoms with Gasteiger partial charge in [-0.25, -0.2) is 0 Å². The topological polar surface area (TPSA) is 41.5 Å². The van der Waals surface area contributed by atoms with E-state index in [0.29, 0.717) is 6.54 Å². The molecule has 1 aromatic rings. The summed E-state index contributed by atoms with van der Waals surface area (Å²) in [6.07, 6.45) is -0.227. The van der Waals surface area contributed by atoms with Crippen LogP contribution in [0, 0.1) is 0 Å². The lowest BCUT2D eigenvalue weighted by atomic mass is 10.2. The molecule has 0 radical (unpaired) electrons. The van der Waals surface area contributed by atoms with Crippen LogP contribution in [0.4, 0.5) is 0 Å². The van der Waals surface area contributed by atoms with E-state index < -0.39 is 6.10 Å². The Morgan fingerprint density at radius 3 is 2.93 bits per heavy atom. The molecule has 0 spiro atoms. The molecule has 80 valence electrons. The molecule has 0 aromatic carbocycles. The van der Waals surface area contributed by atoms with Gasteiger partial charge in [0, 0.05) is 20.2 Å². The van der Waals surface area contributed by atoms with Gasteiger partial charge in [-0.05, 0) is 29.3 Å². The third-order valence-electron chi connectivity index (χ3n) is 2.10. The maximum atomic E-state index is 9.70. The smallest absolute Gasteiger partial charge is 0.0922 e. The van der Waals surface area contributed by atoms with Crippen LogP contribution in [0.15, 0.2) is 16.8 Å². The SMILES string of the molecule is COC(C)CNCC(O)c1ccsc1. The number of ether oxygens (including phenoxy) is 1. The first-order valence-corrected chi connectivity index (χ1v) is 5.62. The molecule has 1 rings (SSSR count). The molecular weight excluding hydrogens is 198 g/mol. The fourth-order valence-electron chi connectivity index (χ4n) is 1.09. The summed E-state index contributed by atoms with van der Waals surface area (Å²) in [7, 11) is 1.68. The highest BCUT2D eigenvalue weighted by atomic mass is 32.1. The maximum absolute atomic E-state index is 9.70. The van der Waals surface area contributed by atoms with Crippen molar-refractivity contribution in [3.8, 4) is 0 Å². The number of aliphatic hydroxyl groups excluding tert-OH is 1. The van der Waals surface area contributed by atoms with Gasteiger partial charge < -0.3 is 15.2 Å². The molecule has 0 aliphatic carbocycles. The van der Waals surface area contributed by atoms with Crippen molar-refractivity contribution in [2.24, 2.45) is 0 Å². The largest absolute Gasteiger partial charge is 0.387 e. The molecular formula is C10H17NO2S. The molecule has 0 aliphatic heterocycles. The Morgan fingerprint density at radius 2 is 2.36 bits per heavy atom. The van der Waals surface area contributed by atoms with Crippen molar-refractivity contribution in [3.05, 3.63) is 22.4 Å². The molecule has 0 aliphatic rings. The highest BCUT2D eigenvalue weighted by Crippen LogP contribution is 2.14. The molecule has 2 unspecified atom stereocenters. The van der Waals surface area contributed by atoms with Gasteiger partial charge >= 0.3 is 0 Å². The van der Waals surface area contributed by atoms with Crippen LogP contribution in [0.3, 0.4) is 0 Å². The zero-order chi connectivity index (χ0) is 10.4. The highest BCUT2D eigenvalue weighted by molar-refractivity contribution is 7.07. The van der Waals surface area contributed by atoms with Crippen LogP contribution in [0.2, 0.25) is 0 Å². The number of nitrogens with one attached hydrogen (secondary N) is 1. The van der Waals surface area contributed by atoms with Crippen LogP contribution in [0.5, 0.6) is 0 Å². The predicted molar refractivity (Wildman–Crippen MR) is 58.6 cm³/mol. The third-order valence-corrected chi connectivity index (χ3v) is 2.80. The van der Waals surface area contributed by atoms with E-state index in [-0.39, 0.29) is 6.10 Å². The van der Waals surface area contributed by atoms with Gasteiger partial charge in [0.1, 0.15) is 0 Å². The summed E-state index contributed by atoms with van der Waals surface area (Å²) in [6.45, 7) is 3.33. The minimum atomic E-state index is -0.412. The molecule has 0 amide bonds. The normalized spacial score (nSPS) is 15.4. The Balaban J connectivity index is 2.19. The fourth-order valence-corrected chi connectivity index (χ4v) is 1.80. The summed E-state index contributed by atoms with van der Waals surface area (Å²) in [5.41, 5.74) is 0.979. The Labute approximate surface area is 88.7 Å². The first kappa shape index (κ1) is 11.7. The molecule has 0 fully saturated rings. The Hall–Kier alpha value is -0.420. The van der Waals surface area contributed by atoms with Gasteiger partial charge in [-0.3, -0.25) is 0 Å². The summed E-state index contributed by atoms with van der Waals surface area (Å²) in [6, 6.07) is 1.94. The van der Waals surface area contributed by atoms with Crippen LogP contribution >= 0.6 is 11.3 Å². The average Bonchev–Trinajstić information content (AvgIpc) is 2.70. The van der Waals surface area contributed by atoms with E-state index in [0.717, 1.165) is 12.1 Å². The first-order chi connectivity index (χ1) is 6.74. The number of rotatable bonds is 6. The van der Waals surface area contributed by atoms with Gasteiger partial charge in [-0.2, -0.15) is 11.3 Å².